The Morgan fingerprint density at radius 3 is 2.24 bits per heavy atom. The fourth-order valence-corrected chi connectivity index (χ4v) is 2.84. The van der Waals surface area contributed by atoms with Gasteiger partial charge < -0.3 is 5.11 Å². The third kappa shape index (κ3) is 3.26. The summed E-state index contributed by atoms with van der Waals surface area (Å²) in [7, 11) is 0. The Bertz CT molecular complexity index is 1040. The van der Waals surface area contributed by atoms with Crippen molar-refractivity contribution in [2.45, 2.75) is 6.18 Å². The minimum atomic E-state index is -4.58. The third-order valence-corrected chi connectivity index (χ3v) is 4.37. The molecule has 0 fully saturated rings. The molecule has 0 radical (unpaired) electrons. The third-order valence-electron chi connectivity index (χ3n) is 3.65. The van der Waals surface area contributed by atoms with E-state index in [1.165, 1.54) is 0 Å². The van der Waals surface area contributed by atoms with E-state index < -0.39 is 28.8 Å². The highest BCUT2D eigenvalue weighted by atomic mass is 127. The normalized spacial score (nSPS) is 11.7. The van der Waals surface area contributed by atoms with Gasteiger partial charge in [0.25, 0.3) is 5.56 Å². The van der Waals surface area contributed by atoms with E-state index in [1.54, 1.807) is 24.3 Å². The van der Waals surface area contributed by atoms with Crippen molar-refractivity contribution in [3.05, 3.63) is 73.6 Å². The first kappa shape index (κ1) is 17.5. The molecular formula is C17H9F3INO3. The van der Waals surface area contributed by atoms with Crippen LogP contribution in [-0.2, 0) is 6.18 Å². The average molecular weight is 459 g/mol. The first-order valence-corrected chi connectivity index (χ1v) is 8.02. The van der Waals surface area contributed by atoms with Gasteiger partial charge in [0.2, 0.25) is 0 Å². The van der Waals surface area contributed by atoms with Gasteiger partial charge in [-0.05, 0) is 70.4 Å². The van der Waals surface area contributed by atoms with Gasteiger partial charge >= 0.3 is 12.1 Å². The molecule has 0 amide bonds. The highest BCUT2D eigenvalue weighted by molar-refractivity contribution is 14.1. The van der Waals surface area contributed by atoms with Crippen LogP contribution < -0.4 is 5.56 Å². The number of benzene rings is 2. The summed E-state index contributed by atoms with van der Waals surface area (Å²) in [6.07, 6.45) is -4.58. The second-order valence-electron chi connectivity index (χ2n) is 5.25. The number of rotatable bonds is 2. The Balaban J connectivity index is 2.44. The number of carbonyl (C=O) groups is 1. The summed E-state index contributed by atoms with van der Waals surface area (Å²) in [5.41, 5.74) is -2.03. The Morgan fingerprint density at radius 1 is 1.04 bits per heavy atom. The Kier molecular flexibility index (Phi) is 4.31. The van der Waals surface area contributed by atoms with Crippen molar-refractivity contribution in [2.75, 3.05) is 0 Å². The van der Waals surface area contributed by atoms with Crippen molar-refractivity contribution in [3.8, 4) is 5.69 Å². The molecule has 0 bridgehead atoms. The molecule has 128 valence electrons. The molecule has 0 spiro atoms. The van der Waals surface area contributed by atoms with Crippen molar-refractivity contribution in [3.63, 3.8) is 0 Å². The van der Waals surface area contributed by atoms with Crippen LogP contribution >= 0.6 is 22.6 Å². The minimum Gasteiger partial charge on any atom is -0.477 e. The van der Waals surface area contributed by atoms with Crippen LogP contribution in [0.25, 0.3) is 16.6 Å². The van der Waals surface area contributed by atoms with Crippen molar-refractivity contribution in [1.82, 2.24) is 4.57 Å². The van der Waals surface area contributed by atoms with Gasteiger partial charge in [0.05, 0.1) is 11.1 Å². The van der Waals surface area contributed by atoms with E-state index >= 15 is 0 Å². The van der Waals surface area contributed by atoms with E-state index in [1.807, 2.05) is 22.6 Å². The van der Waals surface area contributed by atoms with Gasteiger partial charge in [-0.25, -0.2) is 4.79 Å². The molecule has 3 aromatic rings. The number of fused-ring (bicyclic) bond motifs is 1. The molecule has 0 aliphatic rings. The van der Waals surface area contributed by atoms with Crippen molar-refractivity contribution in [1.29, 1.82) is 0 Å². The lowest BCUT2D eigenvalue weighted by molar-refractivity contribution is -0.137. The van der Waals surface area contributed by atoms with Gasteiger partial charge in [0.15, 0.2) is 0 Å². The van der Waals surface area contributed by atoms with Crippen molar-refractivity contribution < 1.29 is 23.1 Å². The predicted molar refractivity (Wildman–Crippen MR) is 94.2 cm³/mol. The molecule has 8 heteroatoms. The lowest BCUT2D eigenvalue weighted by Crippen LogP contribution is -2.25. The van der Waals surface area contributed by atoms with Gasteiger partial charge in [-0.2, -0.15) is 13.2 Å². The fourth-order valence-electron chi connectivity index (χ4n) is 2.48. The molecule has 0 saturated heterocycles. The summed E-state index contributed by atoms with van der Waals surface area (Å²) in [4.78, 5) is 23.9. The Hall–Kier alpha value is -2.36. The van der Waals surface area contributed by atoms with E-state index in [4.69, 9.17) is 0 Å². The molecule has 0 atom stereocenters. The lowest BCUT2D eigenvalue weighted by Gasteiger charge is -2.14. The largest absolute Gasteiger partial charge is 0.477 e. The number of nitrogens with zero attached hydrogens (tertiary/aromatic N) is 1. The summed E-state index contributed by atoms with van der Waals surface area (Å²) in [5.74, 6) is -1.44. The van der Waals surface area contributed by atoms with Gasteiger partial charge in [-0.1, -0.05) is 6.07 Å². The molecule has 1 N–H and O–H groups in total. The molecular weight excluding hydrogens is 450 g/mol. The monoisotopic (exact) mass is 459 g/mol. The maximum Gasteiger partial charge on any atom is 0.416 e. The predicted octanol–water partition coefficient (Wildman–Crippen LogP) is 4.31. The summed E-state index contributed by atoms with van der Waals surface area (Å²) in [5, 5.41) is 9.46. The van der Waals surface area contributed by atoms with Crippen LogP contribution in [0.5, 0.6) is 0 Å². The van der Waals surface area contributed by atoms with Crippen LogP contribution in [-0.4, -0.2) is 15.6 Å². The summed E-state index contributed by atoms with van der Waals surface area (Å²) in [6.45, 7) is 0. The second kappa shape index (κ2) is 6.17. The first-order valence-electron chi connectivity index (χ1n) is 6.95. The molecule has 0 unspecified atom stereocenters. The van der Waals surface area contributed by atoms with Crippen LogP contribution in [0.2, 0.25) is 0 Å². The Labute approximate surface area is 152 Å². The van der Waals surface area contributed by atoms with Crippen molar-refractivity contribution >= 4 is 39.5 Å². The van der Waals surface area contributed by atoms with Crippen LogP contribution in [0.15, 0.2) is 53.3 Å². The molecule has 0 saturated carbocycles. The number of hydrogen-bond donors (Lipinski definition) is 1. The molecule has 0 aliphatic heterocycles. The van der Waals surface area contributed by atoms with Gasteiger partial charge in [-0.3, -0.25) is 9.36 Å². The Morgan fingerprint density at radius 2 is 1.68 bits per heavy atom. The number of halogens is 4. The topological polar surface area (TPSA) is 59.3 Å². The zero-order valence-corrected chi connectivity index (χ0v) is 14.5. The van der Waals surface area contributed by atoms with Gasteiger partial charge in [0.1, 0.15) is 5.56 Å². The number of aromatic nitrogens is 1. The number of pyridine rings is 1. The molecule has 25 heavy (non-hydrogen) atoms. The zero-order chi connectivity index (χ0) is 18.4. The quantitative estimate of drug-likeness (QED) is 0.582. The fraction of sp³-hybridized carbons (Fsp3) is 0.0588. The number of hydrogen-bond acceptors (Lipinski definition) is 2. The van der Waals surface area contributed by atoms with Gasteiger partial charge in [-0.15, -0.1) is 0 Å². The van der Waals surface area contributed by atoms with Crippen LogP contribution in [0.4, 0.5) is 13.2 Å². The highest BCUT2D eigenvalue weighted by Crippen LogP contribution is 2.32. The number of carboxylic acid groups (broad SMARTS) is 1. The number of alkyl halides is 3. The summed E-state index contributed by atoms with van der Waals surface area (Å²) >= 11 is 2.05. The van der Waals surface area contributed by atoms with E-state index in [-0.39, 0.29) is 16.6 Å². The van der Waals surface area contributed by atoms with E-state index in [0.29, 0.717) is 0 Å². The molecule has 0 aliphatic carbocycles. The average Bonchev–Trinajstić information content (AvgIpc) is 2.54. The molecule has 1 aromatic heterocycles. The van der Waals surface area contributed by atoms with E-state index in [2.05, 4.69) is 0 Å². The van der Waals surface area contributed by atoms with E-state index in [9.17, 15) is 27.9 Å². The maximum atomic E-state index is 13.0. The SMILES string of the molecule is O=C(O)c1cc2ccc(C(F)(F)F)cc2n(-c2ccc(I)cc2)c1=O. The second-order valence-corrected chi connectivity index (χ2v) is 6.50. The zero-order valence-electron chi connectivity index (χ0n) is 12.3. The first-order chi connectivity index (χ1) is 11.7. The van der Waals surface area contributed by atoms with Crippen LogP contribution in [0.1, 0.15) is 15.9 Å². The minimum absolute atomic E-state index is 0.00830. The molecule has 2 aromatic carbocycles. The smallest absolute Gasteiger partial charge is 0.416 e. The standard InChI is InChI=1S/C17H9F3INO3/c18-17(19,20)10-2-1-9-7-13(16(24)25)15(23)22(14(9)8-10)12-5-3-11(21)4-6-12/h1-8H,(H,24,25). The molecule has 1 heterocycles. The van der Waals surface area contributed by atoms with Gasteiger partial charge in [0, 0.05) is 9.26 Å². The maximum absolute atomic E-state index is 13.0. The molecule has 3 rings (SSSR count). The molecule has 4 nitrogen and oxygen atoms in total. The van der Waals surface area contributed by atoms with Crippen LogP contribution in [0.3, 0.4) is 0 Å². The van der Waals surface area contributed by atoms with Crippen molar-refractivity contribution in [2.24, 2.45) is 0 Å². The summed E-state index contributed by atoms with van der Waals surface area (Å²) < 4.78 is 40.9. The van der Waals surface area contributed by atoms with E-state index in [0.717, 1.165) is 32.4 Å². The number of carboxylic acids is 1. The lowest BCUT2D eigenvalue weighted by atomic mass is 10.1. The summed E-state index contributed by atoms with van der Waals surface area (Å²) in [6, 6.07) is 10.4. The number of aromatic carboxylic acids is 1. The highest BCUT2D eigenvalue weighted by Gasteiger charge is 2.31. The van der Waals surface area contributed by atoms with Crippen LogP contribution in [0, 0.1) is 3.57 Å².